The predicted octanol–water partition coefficient (Wildman–Crippen LogP) is 6.06. The monoisotopic (exact) mass is 426 g/mol. The molecule has 1 amide bonds. The van der Waals surface area contributed by atoms with Crippen LogP contribution in [0.1, 0.15) is 18.4 Å². The molecule has 2 unspecified atom stereocenters. The van der Waals surface area contributed by atoms with Crippen molar-refractivity contribution < 1.29 is 9.53 Å². The molecule has 5 rings (SSSR count). The summed E-state index contributed by atoms with van der Waals surface area (Å²) in [6.45, 7) is 3.73. The first-order valence-corrected chi connectivity index (χ1v) is 11.6. The van der Waals surface area contributed by atoms with Crippen LogP contribution < -0.4 is 5.32 Å². The van der Waals surface area contributed by atoms with E-state index >= 15 is 0 Å². The Balaban J connectivity index is 1.11. The van der Waals surface area contributed by atoms with E-state index in [1.54, 1.807) is 0 Å². The van der Waals surface area contributed by atoms with Gasteiger partial charge in [0.15, 0.2) is 0 Å². The summed E-state index contributed by atoms with van der Waals surface area (Å²) in [7, 11) is 0. The van der Waals surface area contributed by atoms with Crippen LogP contribution in [0.15, 0.2) is 84.9 Å². The minimum Gasteiger partial charge on any atom is -0.449 e. The van der Waals surface area contributed by atoms with Crippen molar-refractivity contribution in [3.05, 3.63) is 90.5 Å². The molecular weight excluding hydrogens is 396 g/mol. The normalized spacial score (nSPS) is 22.4. The molecule has 0 radical (unpaired) electrons. The number of amides is 1. The number of likely N-dealkylation sites (tertiary alicyclic amines) is 1. The van der Waals surface area contributed by atoms with Crippen LogP contribution in [-0.2, 0) is 11.3 Å². The third kappa shape index (κ3) is 4.86. The summed E-state index contributed by atoms with van der Waals surface area (Å²) in [4.78, 5) is 15.0. The first-order chi connectivity index (χ1) is 15.7. The second kappa shape index (κ2) is 9.58. The molecule has 1 N–H and O–H groups in total. The molecule has 164 valence electrons. The van der Waals surface area contributed by atoms with Crippen LogP contribution in [0.3, 0.4) is 0 Å². The van der Waals surface area contributed by atoms with E-state index in [2.05, 4.69) is 52.7 Å². The summed E-state index contributed by atoms with van der Waals surface area (Å²) < 4.78 is 5.67. The predicted molar refractivity (Wildman–Crippen MR) is 128 cm³/mol. The number of nitrogens with zero attached hydrogens (tertiary/aromatic N) is 1. The van der Waals surface area contributed by atoms with Crippen molar-refractivity contribution in [3.8, 4) is 11.1 Å². The minimum absolute atomic E-state index is 0.358. The second-order valence-corrected chi connectivity index (χ2v) is 9.11. The van der Waals surface area contributed by atoms with Gasteiger partial charge in [0.1, 0.15) is 0 Å². The van der Waals surface area contributed by atoms with Crippen LogP contribution in [0.4, 0.5) is 10.5 Å². The van der Waals surface area contributed by atoms with Gasteiger partial charge in [0.2, 0.25) is 0 Å². The molecule has 3 aromatic carbocycles. The van der Waals surface area contributed by atoms with Crippen molar-refractivity contribution in [2.45, 2.75) is 19.4 Å². The number of ether oxygens (including phenoxy) is 1. The highest BCUT2D eigenvalue weighted by molar-refractivity contribution is 5.85. The van der Waals surface area contributed by atoms with E-state index in [0.717, 1.165) is 36.4 Å². The Labute approximate surface area is 190 Å². The van der Waals surface area contributed by atoms with Gasteiger partial charge in [-0.25, -0.2) is 4.79 Å². The molecule has 32 heavy (non-hydrogen) atoms. The van der Waals surface area contributed by atoms with Crippen LogP contribution in [0.5, 0.6) is 0 Å². The van der Waals surface area contributed by atoms with Gasteiger partial charge in [-0.1, -0.05) is 72.8 Å². The van der Waals surface area contributed by atoms with Gasteiger partial charge in [-0.3, -0.25) is 10.2 Å². The first kappa shape index (κ1) is 20.8. The van der Waals surface area contributed by atoms with Gasteiger partial charge >= 0.3 is 6.09 Å². The van der Waals surface area contributed by atoms with Crippen molar-refractivity contribution in [2.75, 3.05) is 25.0 Å². The number of piperidine rings is 1. The van der Waals surface area contributed by atoms with E-state index in [1.165, 1.54) is 18.4 Å². The fourth-order valence-electron chi connectivity index (χ4n) is 5.38. The first-order valence-electron chi connectivity index (χ1n) is 11.6. The number of carbonyl (C=O) groups excluding carboxylic acids is 1. The highest BCUT2D eigenvalue weighted by atomic mass is 16.5. The topological polar surface area (TPSA) is 41.6 Å². The molecular formula is C28H30N2O2. The molecule has 1 aliphatic heterocycles. The lowest BCUT2D eigenvalue weighted by Crippen LogP contribution is -2.43. The van der Waals surface area contributed by atoms with Crippen molar-refractivity contribution >= 4 is 11.8 Å². The maximum atomic E-state index is 12.4. The summed E-state index contributed by atoms with van der Waals surface area (Å²) in [5.41, 5.74) is 4.42. The Bertz CT molecular complexity index is 1010. The minimum atomic E-state index is -0.358. The molecule has 1 saturated carbocycles. The summed E-state index contributed by atoms with van der Waals surface area (Å²) in [5.74, 6) is 1.72. The largest absolute Gasteiger partial charge is 0.449 e. The number of hydrogen-bond donors (Lipinski definition) is 1. The lowest BCUT2D eigenvalue weighted by atomic mass is 9.85. The van der Waals surface area contributed by atoms with Crippen LogP contribution in [0.25, 0.3) is 11.1 Å². The Morgan fingerprint density at radius 2 is 1.41 bits per heavy atom. The van der Waals surface area contributed by atoms with Crippen molar-refractivity contribution in [2.24, 2.45) is 17.8 Å². The van der Waals surface area contributed by atoms with Gasteiger partial charge in [0.25, 0.3) is 0 Å². The van der Waals surface area contributed by atoms with Gasteiger partial charge in [-0.15, -0.1) is 0 Å². The Morgan fingerprint density at radius 3 is 2.06 bits per heavy atom. The number of hydrogen-bond acceptors (Lipinski definition) is 3. The standard InChI is InChI=1S/C28H30N2O2/c31-28(29-26-15-13-23(14-16-26)22-9-5-2-6-10-22)32-20-27-24-11-12-25(27)19-30(18-24)17-21-7-3-1-4-8-21/h1-10,13-16,24-25,27H,11-12,17-20H2,(H,29,31). The van der Waals surface area contributed by atoms with Crippen LogP contribution in [-0.4, -0.2) is 30.7 Å². The van der Waals surface area contributed by atoms with Crippen LogP contribution in [0, 0.1) is 17.8 Å². The van der Waals surface area contributed by atoms with Gasteiger partial charge in [0.05, 0.1) is 6.61 Å². The van der Waals surface area contributed by atoms with Gasteiger partial charge in [0, 0.05) is 31.2 Å². The number of fused-ring (bicyclic) bond motifs is 2. The molecule has 4 nitrogen and oxygen atoms in total. The quantitative estimate of drug-likeness (QED) is 0.521. The molecule has 2 atom stereocenters. The van der Waals surface area contributed by atoms with E-state index in [4.69, 9.17) is 4.74 Å². The highest BCUT2D eigenvalue weighted by Gasteiger charge is 2.42. The maximum Gasteiger partial charge on any atom is 0.411 e. The van der Waals surface area contributed by atoms with Crippen LogP contribution in [0.2, 0.25) is 0 Å². The zero-order valence-electron chi connectivity index (χ0n) is 18.3. The molecule has 2 fully saturated rings. The van der Waals surface area contributed by atoms with E-state index in [1.807, 2.05) is 42.5 Å². The molecule has 0 spiro atoms. The van der Waals surface area contributed by atoms with Crippen molar-refractivity contribution in [1.82, 2.24) is 4.90 Å². The highest BCUT2D eigenvalue weighted by Crippen LogP contribution is 2.42. The second-order valence-electron chi connectivity index (χ2n) is 9.11. The average Bonchev–Trinajstić information content (AvgIpc) is 3.07. The molecule has 0 aromatic heterocycles. The van der Waals surface area contributed by atoms with E-state index in [9.17, 15) is 4.79 Å². The van der Waals surface area contributed by atoms with Crippen molar-refractivity contribution in [3.63, 3.8) is 0 Å². The average molecular weight is 427 g/mol. The molecule has 1 heterocycles. The Hall–Kier alpha value is -3.11. The van der Waals surface area contributed by atoms with E-state index < -0.39 is 0 Å². The molecule has 4 heteroatoms. The number of benzene rings is 3. The fraction of sp³-hybridized carbons (Fsp3) is 0.321. The molecule has 3 aromatic rings. The smallest absolute Gasteiger partial charge is 0.411 e. The molecule has 1 saturated heterocycles. The number of nitrogens with one attached hydrogen (secondary N) is 1. The third-order valence-corrected chi connectivity index (χ3v) is 7.00. The van der Waals surface area contributed by atoms with Crippen LogP contribution >= 0.6 is 0 Å². The molecule has 2 bridgehead atoms. The van der Waals surface area contributed by atoms with Gasteiger partial charge in [-0.05, 0) is 53.5 Å². The summed E-state index contributed by atoms with van der Waals surface area (Å²) in [5, 5.41) is 2.88. The third-order valence-electron chi connectivity index (χ3n) is 7.00. The lowest BCUT2D eigenvalue weighted by molar-refractivity contribution is 0.0528. The molecule has 2 aliphatic rings. The van der Waals surface area contributed by atoms with E-state index in [0.29, 0.717) is 24.4 Å². The number of carbonyl (C=O) groups is 1. The summed E-state index contributed by atoms with van der Waals surface area (Å²) >= 11 is 0. The molecule has 1 aliphatic carbocycles. The Morgan fingerprint density at radius 1 is 0.812 bits per heavy atom. The number of rotatable bonds is 6. The van der Waals surface area contributed by atoms with E-state index in [-0.39, 0.29) is 6.09 Å². The SMILES string of the molecule is O=C(Nc1ccc(-c2ccccc2)cc1)OCC1C2CCC1CN(Cc1ccccc1)C2. The van der Waals surface area contributed by atoms with Crippen molar-refractivity contribution in [1.29, 1.82) is 0 Å². The zero-order valence-corrected chi connectivity index (χ0v) is 18.3. The fourth-order valence-corrected chi connectivity index (χ4v) is 5.38. The lowest BCUT2D eigenvalue weighted by Gasteiger charge is -2.37. The van der Waals surface area contributed by atoms with Gasteiger partial charge < -0.3 is 4.74 Å². The van der Waals surface area contributed by atoms with Gasteiger partial charge in [-0.2, -0.15) is 0 Å². The maximum absolute atomic E-state index is 12.4. The zero-order chi connectivity index (χ0) is 21.8. The number of anilines is 1. The summed E-state index contributed by atoms with van der Waals surface area (Å²) in [6.07, 6.45) is 2.13. The summed E-state index contributed by atoms with van der Waals surface area (Å²) in [6, 6.07) is 28.8. The Kier molecular flexibility index (Phi) is 6.22.